The normalized spacial score (nSPS) is 16.6. The van der Waals surface area contributed by atoms with E-state index in [4.69, 9.17) is 12.2 Å². The van der Waals surface area contributed by atoms with Crippen molar-refractivity contribution in [2.45, 2.75) is 13.8 Å². The molecule has 0 unspecified atom stereocenters. The molecule has 0 spiro atoms. The first kappa shape index (κ1) is 18.6. The number of nitriles is 1. The highest BCUT2D eigenvalue weighted by molar-refractivity contribution is 7.80. The van der Waals surface area contributed by atoms with Crippen molar-refractivity contribution in [3.8, 4) is 6.07 Å². The van der Waals surface area contributed by atoms with Crippen LogP contribution in [0, 0.1) is 30.0 Å². The Balaban J connectivity index is 2.16. The van der Waals surface area contributed by atoms with Gasteiger partial charge < -0.3 is 5.32 Å². The number of nitrogens with one attached hydrogen (secondary N) is 1. The first-order valence-corrected chi connectivity index (χ1v) is 8.69. The van der Waals surface area contributed by atoms with Crippen molar-refractivity contribution in [2.24, 2.45) is 10.9 Å². The summed E-state index contributed by atoms with van der Waals surface area (Å²) in [7, 11) is 0. The molecule has 0 bridgehead atoms. The molecule has 2 aromatic carbocycles. The third kappa shape index (κ3) is 3.69. The van der Waals surface area contributed by atoms with Gasteiger partial charge in [-0.25, -0.2) is 9.38 Å². The van der Waals surface area contributed by atoms with Crippen LogP contribution in [0.15, 0.2) is 59.1 Å². The number of rotatable bonds is 3. The number of halogens is 1. The number of para-hydroxylation sites is 1. The van der Waals surface area contributed by atoms with Crippen LogP contribution in [0.25, 0.3) is 5.57 Å². The first-order valence-electron chi connectivity index (χ1n) is 8.28. The largest absolute Gasteiger partial charge is 0.322 e. The molecule has 1 heterocycles. The molecule has 1 atom stereocenters. The molecule has 0 radical (unpaired) electrons. The number of carbonyl (C=O) groups excluding carboxylic acids is 1. The lowest BCUT2D eigenvalue weighted by Crippen LogP contribution is -2.29. The van der Waals surface area contributed by atoms with E-state index in [1.54, 1.807) is 19.1 Å². The van der Waals surface area contributed by atoms with Gasteiger partial charge in [0, 0.05) is 5.69 Å². The summed E-state index contributed by atoms with van der Waals surface area (Å²) in [6.45, 7) is 3.54. The van der Waals surface area contributed by atoms with E-state index >= 15 is 0 Å². The SMILES string of the molecule is CC1=NC(=S)[C@H](C#N)C(c2cccc(F)c2)=C1C(=O)Nc1ccccc1C. The summed E-state index contributed by atoms with van der Waals surface area (Å²) in [6, 6.07) is 15.3. The molecule has 2 aromatic rings. The lowest BCUT2D eigenvalue weighted by atomic mass is 9.84. The molecule has 27 heavy (non-hydrogen) atoms. The molecule has 1 aliphatic rings. The van der Waals surface area contributed by atoms with Gasteiger partial charge in [-0.3, -0.25) is 4.79 Å². The van der Waals surface area contributed by atoms with E-state index in [1.165, 1.54) is 18.2 Å². The smallest absolute Gasteiger partial charge is 0.257 e. The van der Waals surface area contributed by atoms with Gasteiger partial charge in [0.1, 0.15) is 16.7 Å². The summed E-state index contributed by atoms with van der Waals surface area (Å²) in [5.74, 6) is -1.77. The Kier molecular flexibility index (Phi) is 5.24. The quantitative estimate of drug-likeness (QED) is 0.803. The van der Waals surface area contributed by atoms with Crippen molar-refractivity contribution in [1.82, 2.24) is 0 Å². The first-order chi connectivity index (χ1) is 12.9. The molecule has 0 aliphatic carbocycles. The standard InChI is InChI=1S/C21H16FN3OS/c1-12-6-3-4-9-17(12)25-20(26)18-13(2)24-21(27)16(11-23)19(18)14-7-5-8-15(22)10-14/h3-10,16H,1-2H3,(H,25,26)/t16-/m1/s1. The number of anilines is 1. The maximum atomic E-state index is 13.8. The number of aryl methyl sites for hydroxylation is 1. The second kappa shape index (κ2) is 7.60. The summed E-state index contributed by atoms with van der Waals surface area (Å²) in [5.41, 5.74) is 3.01. The fraction of sp³-hybridized carbons (Fsp3) is 0.143. The minimum absolute atomic E-state index is 0.168. The molecule has 3 rings (SSSR count). The second-order valence-electron chi connectivity index (χ2n) is 6.17. The number of hydrogen-bond acceptors (Lipinski definition) is 3. The van der Waals surface area contributed by atoms with E-state index in [0.717, 1.165) is 5.56 Å². The maximum absolute atomic E-state index is 13.8. The molecule has 4 nitrogen and oxygen atoms in total. The van der Waals surface area contributed by atoms with E-state index in [-0.39, 0.29) is 10.6 Å². The molecular weight excluding hydrogens is 361 g/mol. The van der Waals surface area contributed by atoms with Gasteiger partial charge in [-0.05, 0) is 48.7 Å². The van der Waals surface area contributed by atoms with Crippen LogP contribution in [-0.4, -0.2) is 16.6 Å². The van der Waals surface area contributed by atoms with Crippen LogP contribution in [-0.2, 0) is 4.79 Å². The van der Waals surface area contributed by atoms with Gasteiger partial charge >= 0.3 is 0 Å². The van der Waals surface area contributed by atoms with E-state index in [0.29, 0.717) is 22.5 Å². The van der Waals surface area contributed by atoms with Crippen molar-refractivity contribution < 1.29 is 9.18 Å². The molecule has 0 aromatic heterocycles. The summed E-state index contributed by atoms with van der Waals surface area (Å²) >= 11 is 5.23. The van der Waals surface area contributed by atoms with Crippen molar-refractivity contribution in [2.75, 3.05) is 5.32 Å². The van der Waals surface area contributed by atoms with Crippen LogP contribution in [0.3, 0.4) is 0 Å². The number of nitrogens with zero attached hydrogens (tertiary/aromatic N) is 2. The van der Waals surface area contributed by atoms with Crippen LogP contribution in [0.2, 0.25) is 0 Å². The van der Waals surface area contributed by atoms with E-state index in [1.807, 2.05) is 25.1 Å². The third-order valence-corrected chi connectivity index (χ3v) is 4.66. The lowest BCUT2D eigenvalue weighted by molar-refractivity contribution is -0.112. The van der Waals surface area contributed by atoms with Crippen LogP contribution < -0.4 is 5.32 Å². The third-order valence-electron chi connectivity index (χ3n) is 4.33. The predicted octanol–water partition coefficient (Wildman–Crippen LogP) is 4.47. The summed E-state index contributed by atoms with van der Waals surface area (Å²) in [4.78, 5) is 17.5. The zero-order valence-corrected chi connectivity index (χ0v) is 15.6. The number of dihydropyridines is 1. The molecular formula is C21H16FN3OS. The van der Waals surface area contributed by atoms with Crippen LogP contribution in [0.4, 0.5) is 10.1 Å². The number of aliphatic imine (C=N–C) groups is 1. The average Bonchev–Trinajstić information content (AvgIpc) is 2.63. The molecule has 6 heteroatoms. The topological polar surface area (TPSA) is 65.2 Å². The predicted molar refractivity (Wildman–Crippen MR) is 108 cm³/mol. The fourth-order valence-corrected chi connectivity index (χ4v) is 3.33. The Hall–Kier alpha value is -3.17. The number of benzene rings is 2. The zero-order valence-electron chi connectivity index (χ0n) is 14.8. The van der Waals surface area contributed by atoms with Crippen molar-refractivity contribution in [3.05, 3.63) is 71.0 Å². The summed E-state index contributed by atoms with van der Waals surface area (Å²) in [6.07, 6.45) is 0. The Morgan fingerprint density at radius 2 is 1.96 bits per heavy atom. The van der Waals surface area contributed by atoms with Gasteiger partial charge in [-0.2, -0.15) is 5.26 Å². The Labute approximate surface area is 162 Å². The molecule has 1 amide bonds. The van der Waals surface area contributed by atoms with Crippen molar-refractivity contribution >= 4 is 40.1 Å². The number of thiocarbonyl (C=S) groups is 1. The molecule has 1 aliphatic heterocycles. The number of amides is 1. The minimum atomic E-state index is -0.900. The van der Waals surface area contributed by atoms with Gasteiger partial charge in [-0.15, -0.1) is 0 Å². The highest BCUT2D eigenvalue weighted by atomic mass is 32.1. The zero-order chi connectivity index (χ0) is 19.6. The van der Waals surface area contributed by atoms with E-state index < -0.39 is 17.6 Å². The highest BCUT2D eigenvalue weighted by Crippen LogP contribution is 2.34. The van der Waals surface area contributed by atoms with Crippen molar-refractivity contribution in [1.29, 1.82) is 5.26 Å². The van der Waals surface area contributed by atoms with Crippen LogP contribution in [0.5, 0.6) is 0 Å². The fourth-order valence-electron chi connectivity index (χ4n) is 3.02. The van der Waals surface area contributed by atoms with Crippen molar-refractivity contribution in [3.63, 3.8) is 0 Å². The number of carbonyl (C=O) groups is 1. The van der Waals surface area contributed by atoms with Crippen LogP contribution in [0.1, 0.15) is 18.1 Å². The van der Waals surface area contributed by atoms with Gasteiger partial charge in [0.05, 0.1) is 17.4 Å². The molecule has 0 fully saturated rings. The molecule has 1 N–H and O–H groups in total. The summed E-state index contributed by atoms with van der Waals surface area (Å²) < 4.78 is 13.8. The molecule has 0 saturated carbocycles. The van der Waals surface area contributed by atoms with Gasteiger partial charge in [0.25, 0.3) is 5.91 Å². The minimum Gasteiger partial charge on any atom is -0.322 e. The monoisotopic (exact) mass is 377 g/mol. The van der Waals surface area contributed by atoms with Gasteiger partial charge in [-0.1, -0.05) is 42.5 Å². The maximum Gasteiger partial charge on any atom is 0.257 e. The summed E-state index contributed by atoms with van der Waals surface area (Å²) in [5, 5.41) is 12.5. The highest BCUT2D eigenvalue weighted by Gasteiger charge is 2.32. The van der Waals surface area contributed by atoms with E-state index in [9.17, 15) is 14.4 Å². The van der Waals surface area contributed by atoms with Gasteiger partial charge in [0.2, 0.25) is 0 Å². The Morgan fingerprint density at radius 3 is 2.63 bits per heavy atom. The van der Waals surface area contributed by atoms with Crippen LogP contribution >= 0.6 is 12.2 Å². The molecule has 134 valence electrons. The Bertz CT molecular complexity index is 1050. The van der Waals surface area contributed by atoms with Gasteiger partial charge in [0.15, 0.2) is 0 Å². The Morgan fingerprint density at radius 1 is 1.22 bits per heavy atom. The second-order valence-corrected chi connectivity index (χ2v) is 6.58. The molecule has 0 saturated heterocycles. The number of hydrogen-bond donors (Lipinski definition) is 1. The van der Waals surface area contributed by atoms with E-state index in [2.05, 4.69) is 16.4 Å². The lowest BCUT2D eigenvalue weighted by Gasteiger charge is -2.23. The average molecular weight is 377 g/mol.